The molecule has 1 aromatic carbocycles. The van der Waals surface area contributed by atoms with E-state index in [4.69, 9.17) is 5.73 Å². The van der Waals surface area contributed by atoms with E-state index in [1.807, 2.05) is 22.6 Å². The second-order valence-electron chi connectivity index (χ2n) is 2.67. The Labute approximate surface area is 99.4 Å². The standard InChI is InChI=1S/C8H7F3IN.ClH/c1-4-6(8(9,10)11)2-5(12)3-7(4)13;/h2-3H,13H2,1H3;1H. The van der Waals surface area contributed by atoms with Gasteiger partial charge in [0, 0.05) is 9.26 Å². The Balaban J connectivity index is 0.00000169. The van der Waals surface area contributed by atoms with E-state index in [0.717, 1.165) is 6.07 Å². The van der Waals surface area contributed by atoms with Gasteiger partial charge in [0.1, 0.15) is 0 Å². The highest BCUT2D eigenvalue weighted by Crippen LogP contribution is 2.34. The highest BCUT2D eigenvalue weighted by atomic mass is 127. The van der Waals surface area contributed by atoms with Gasteiger partial charge >= 0.3 is 6.18 Å². The van der Waals surface area contributed by atoms with Gasteiger partial charge in [0.25, 0.3) is 0 Å². The van der Waals surface area contributed by atoms with Crippen molar-refractivity contribution >= 4 is 40.7 Å². The van der Waals surface area contributed by atoms with Crippen molar-refractivity contribution in [2.24, 2.45) is 0 Å². The monoisotopic (exact) mass is 337 g/mol. The van der Waals surface area contributed by atoms with Crippen molar-refractivity contribution in [2.45, 2.75) is 13.1 Å². The fourth-order valence-electron chi connectivity index (χ4n) is 0.995. The maximum Gasteiger partial charge on any atom is 0.416 e. The number of rotatable bonds is 0. The van der Waals surface area contributed by atoms with Crippen LogP contribution in [0.4, 0.5) is 18.9 Å². The molecule has 0 radical (unpaired) electrons. The van der Waals surface area contributed by atoms with Crippen molar-refractivity contribution in [3.63, 3.8) is 0 Å². The molecule has 0 atom stereocenters. The van der Waals surface area contributed by atoms with E-state index in [1.54, 1.807) is 0 Å². The van der Waals surface area contributed by atoms with E-state index >= 15 is 0 Å². The Bertz CT molecular complexity index is 338. The average Bonchev–Trinajstić information content (AvgIpc) is 1.94. The first-order valence-electron chi connectivity index (χ1n) is 3.45. The highest BCUT2D eigenvalue weighted by molar-refractivity contribution is 14.1. The van der Waals surface area contributed by atoms with Crippen molar-refractivity contribution in [3.05, 3.63) is 26.8 Å². The third-order valence-corrected chi connectivity index (χ3v) is 2.34. The summed E-state index contributed by atoms with van der Waals surface area (Å²) in [4.78, 5) is 0. The van der Waals surface area contributed by atoms with Crippen LogP contribution < -0.4 is 5.73 Å². The molecule has 1 nitrogen and oxygen atoms in total. The van der Waals surface area contributed by atoms with Crippen LogP contribution in [-0.4, -0.2) is 0 Å². The SMILES string of the molecule is Cc1c(N)cc(I)cc1C(F)(F)F.Cl. The molecule has 1 rings (SSSR count). The molecule has 0 aromatic heterocycles. The van der Waals surface area contributed by atoms with E-state index in [2.05, 4.69) is 0 Å². The molecule has 0 unspecified atom stereocenters. The van der Waals surface area contributed by atoms with Gasteiger partial charge in [0.2, 0.25) is 0 Å². The summed E-state index contributed by atoms with van der Waals surface area (Å²) < 4.78 is 37.5. The molecule has 0 bridgehead atoms. The zero-order chi connectivity index (χ0) is 10.2. The Morgan fingerprint density at radius 3 is 2.21 bits per heavy atom. The van der Waals surface area contributed by atoms with Crippen molar-refractivity contribution in [2.75, 3.05) is 5.73 Å². The van der Waals surface area contributed by atoms with E-state index in [-0.39, 0.29) is 23.7 Å². The topological polar surface area (TPSA) is 26.0 Å². The maximum absolute atomic E-state index is 12.3. The molecule has 0 saturated carbocycles. The van der Waals surface area contributed by atoms with Crippen LogP contribution in [0.15, 0.2) is 12.1 Å². The van der Waals surface area contributed by atoms with Gasteiger partial charge < -0.3 is 5.73 Å². The summed E-state index contributed by atoms with van der Waals surface area (Å²) in [5, 5.41) is 0. The summed E-state index contributed by atoms with van der Waals surface area (Å²) in [6, 6.07) is 2.61. The smallest absolute Gasteiger partial charge is 0.398 e. The molecule has 2 N–H and O–H groups in total. The largest absolute Gasteiger partial charge is 0.416 e. The summed E-state index contributed by atoms with van der Waals surface area (Å²) in [6.45, 7) is 1.37. The number of alkyl halides is 3. The van der Waals surface area contributed by atoms with Crippen molar-refractivity contribution in [3.8, 4) is 0 Å². The third-order valence-electron chi connectivity index (χ3n) is 1.72. The summed E-state index contributed by atoms with van der Waals surface area (Å²) in [5.74, 6) is 0. The second kappa shape index (κ2) is 4.57. The number of benzene rings is 1. The van der Waals surface area contributed by atoms with E-state index in [1.165, 1.54) is 13.0 Å². The normalized spacial score (nSPS) is 10.9. The van der Waals surface area contributed by atoms with Gasteiger partial charge in [-0.1, -0.05) is 0 Å². The van der Waals surface area contributed by atoms with Crippen molar-refractivity contribution in [1.82, 2.24) is 0 Å². The van der Waals surface area contributed by atoms with Crippen LogP contribution in [0.3, 0.4) is 0 Å². The van der Waals surface area contributed by atoms with Crippen LogP contribution in [-0.2, 0) is 6.18 Å². The Morgan fingerprint density at radius 2 is 1.79 bits per heavy atom. The minimum Gasteiger partial charge on any atom is -0.398 e. The molecule has 0 spiro atoms. The molecule has 0 heterocycles. The van der Waals surface area contributed by atoms with Gasteiger partial charge in [-0.25, -0.2) is 0 Å². The van der Waals surface area contributed by atoms with Crippen LogP contribution in [0.2, 0.25) is 0 Å². The van der Waals surface area contributed by atoms with Crippen molar-refractivity contribution < 1.29 is 13.2 Å². The van der Waals surface area contributed by atoms with E-state index in [0.29, 0.717) is 3.57 Å². The highest BCUT2D eigenvalue weighted by Gasteiger charge is 2.33. The first kappa shape index (κ1) is 13.8. The second-order valence-corrected chi connectivity index (χ2v) is 3.91. The average molecular weight is 338 g/mol. The lowest BCUT2D eigenvalue weighted by Gasteiger charge is -2.12. The molecule has 0 amide bonds. The van der Waals surface area contributed by atoms with Gasteiger partial charge in [-0.2, -0.15) is 13.2 Å². The lowest BCUT2D eigenvalue weighted by atomic mass is 10.1. The lowest BCUT2D eigenvalue weighted by Crippen LogP contribution is -2.09. The Hall–Kier alpha value is -0.170. The molecule has 0 aliphatic carbocycles. The molecular weight excluding hydrogens is 329 g/mol. The Morgan fingerprint density at radius 1 is 1.29 bits per heavy atom. The summed E-state index contributed by atoms with van der Waals surface area (Å²) in [6.07, 6.45) is -4.32. The van der Waals surface area contributed by atoms with E-state index < -0.39 is 11.7 Å². The quantitative estimate of drug-likeness (QED) is 0.568. The number of anilines is 1. The van der Waals surface area contributed by atoms with Crippen molar-refractivity contribution in [1.29, 1.82) is 0 Å². The molecule has 80 valence electrons. The summed E-state index contributed by atoms with van der Waals surface area (Å²) in [5.41, 5.74) is 5.03. The fraction of sp³-hybridized carbons (Fsp3) is 0.250. The predicted octanol–water partition coefficient (Wildman–Crippen LogP) is 3.62. The maximum atomic E-state index is 12.3. The third kappa shape index (κ3) is 2.91. The first-order chi connectivity index (χ1) is 5.82. The minimum atomic E-state index is -4.32. The molecule has 0 aliphatic rings. The Kier molecular flexibility index (Phi) is 4.51. The zero-order valence-electron chi connectivity index (χ0n) is 7.15. The van der Waals surface area contributed by atoms with Gasteiger partial charge in [-0.05, 0) is 47.2 Å². The fourth-order valence-corrected chi connectivity index (χ4v) is 1.64. The van der Waals surface area contributed by atoms with Crippen LogP contribution in [0.5, 0.6) is 0 Å². The minimum absolute atomic E-state index is 0. The van der Waals surface area contributed by atoms with Crippen LogP contribution in [0.1, 0.15) is 11.1 Å². The molecule has 14 heavy (non-hydrogen) atoms. The van der Waals surface area contributed by atoms with E-state index in [9.17, 15) is 13.2 Å². The molecule has 6 heteroatoms. The predicted molar refractivity (Wildman–Crippen MR) is 60.6 cm³/mol. The number of halogens is 5. The number of nitrogens with two attached hydrogens (primary N) is 1. The summed E-state index contributed by atoms with van der Waals surface area (Å²) in [7, 11) is 0. The molecular formula is C8H8ClF3IN. The number of nitrogen functional groups attached to an aromatic ring is 1. The first-order valence-corrected chi connectivity index (χ1v) is 4.53. The number of hydrogen-bond donors (Lipinski definition) is 1. The molecule has 0 aliphatic heterocycles. The number of hydrogen-bond acceptors (Lipinski definition) is 1. The van der Waals surface area contributed by atoms with Gasteiger partial charge in [0.15, 0.2) is 0 Å². The lowest BCUT2D eigenvalue weighted by molar-refractivity contribution is -0.138. The zero-order valence-corrected chi connectivity index (χ0v) is 10.1. The molecule has 1 aromatic rings. The van der Waals surface area contributed by atoms with Crippen LogP contribution in [0, 0.1) is 10.5 Å². The van der Waals surface area contributed by atoms with Gasteiger partial charge in [0.05, 0.1) is 5.56 Å². The summed E-state index contributed by atoms with van der Waals surface area (Å²) >= 11 is 1.81. The molecule has 0 saturated heterocycles. The van der Waals surface area contributed by atoms with Gasteiger partial charge in [-0.15, -0.1) is 12.4 Å². The van der Waals surface area contributed by atoms with Gasteiger partial charge in [-0.3, -0.25) is 0 Å². The molecule has 0 fully saturated rings. The van der Waals surface area contributed by atoms with Crippen LogP contribution in [0.25, 0.3) is 0 Å². The van der Waals surface area contributed by atoms with Crippen LogP contribution >= 0.6 is 35.0 Å².